The molecule has 4 rings (SSSR count). The van der Waals surface area contributed by atoms with Gasteiger partial charge in [-0.3, -0.25) is 19.3 Å². The van der Waals surface area contributed by atoms with Crippen molar-refractivity contribution in [2.24, 2.45) is 0 Å². The maximum atomic E-state index is 13.5. The first-order valence-electron chi connectivity index (χ1n) is 12.4. The van der Waals surface area contributed by atoms with Gasteiger partial charge >= 0.3 is 0 Å². The van der Waals surface area contributed by atoms with Crippen LogP contribution in [0.25, 0.3) is 0 Å². The van der Waals surface area contributed by atoms with Crippen LogP contribution in [0.3, 0.4) is 0 Å². The molecule has 0 spiro atoms. The largest absolute Gasteiger partial charge is 0.358 e. The number of nitrogens with zero attached hydrogens (tertiary/aromatic N) is 3. The molecule has 2 aliphatic rings. The molecule has 0 unspecified atom stereocenters. The van der Waals surface area contributed by atoms with Gasteiger partial charge in [-0.05, 0) is 75.4 Å². The molecule has 2 aliphatic heterocycles. The van der Waals surface area contributed by atoms with E-state index in [0.29, 0.717) is 30.0 Å². The number of hydrogen-bond donors (Lipinski definition) is 1. The van der Waals surface area contributed by atoms with Crippen LogP contribution in [0.5, 0.6) is 0 Å². The number of benzene rings is 2. The second kappa shape index (κ2) is 10.3. The summed E-state index contributed by atoms with van der Waals surface area (Å²) in [5, 5.41) is 2.92. The highest BCUT2D eigenvalue weighted by Crippen LogP contribution is 2.40. The van der Waals surface area contributed by atoms with E-state index in [0.717, 1.165) is 37.9 Å². The molecule has 7 heteroatoms. The molecule has 0 aromatic heterocycles. The molecule has 1 saturated heterocycles. The molecular formula is C27H34N4O3. The van der Waals surface area contributed by atoms with Crippen molar-refractivity contribution in [2.75, 3.05) is 41.3 Å². The second-order valence-corrected chi connectivity index (χ2v) is 8.91. The number of rotatable bonds is 7. The van der Waals surface area contributed by atoms with E-state index in [1.807, 2.05) is 50.2 Å². The molecule has 0 radical (unpaired) electrons. The summed E-state index contributed by atoms with van der Waals surface area (Å²) in [7, 11) is 0. The zero-order valence-electron chi connectivity index (χ0n) is 20.3. The Balaban J connectivity index is 1.64. The van der Waals surface area contributed by atoms with Crippen LogP contribution >= 0.6 is 0 Å². The summed E-state index contributed by atoms with van der Waals surface area (Å²) in [4.78, 5) is 45.0. The Hall–Kier alpha value is -3.35. The fourth-order valence-electron chi connectivity index (χ4n) is 4.92. The van der Waals surface area contributed by atoms with E-state index in [9.17, 15) is 14.4 Å². The van der Waals surface area contributed by atoms with Gasteiger partial charge in [0, 0.05) is 30.9 Å². The fourth-order valence-corrected chi connectivity index (χ4v) is 4.92. The minimum Gasteiger partial charge on any atom is -0.358 e. The molecule has 0 saturated carbocycles. The summed E-state index contributed by atoms with van der Waals surface area (Å²) in [5.41, 5.74) is 3.99. The Bertz CT molecular complexity index is 1060. The molecule has 7 nitrogen and oxygen atoms in total. The molecule has 1 N–H and O–H groups in total. The Morgan fingerprint density at radius 1 is 1.00 bits per heavy atom. The van der Waals surface area contributed by atoms with Gasteiger partial charge in [0.2, 0.25) is 11.8 Å². The fraction of sp³-hybridized carbons (Fsp3) is 0.444. The van der Waals surface area contributed by atoms with Crippen LogP contribution in [0.2, 0.25) is 0 Å². The maximum absolute atomic E-state index is 13.5. The second-order valence-electron chi connectivity index (χ2n) is 8.91. The number of carbonyl (C=O) groups is 3. The molecule has 2 aromatic carbocycles. The summed E-state index contributed by atoms with van der Waals surface area (Å²) in [6.45, 7) is 7.92. The highest BCUT2D eigenvalue weighted by Gasteiger charge is 2.40. The van der Waals surface area contributed by atoms with Crippen molar-refractivity contribution in [3.63, 3.8) is 0 Å². The predicted octanol–water partition coefficient (Wildman–Crippen LogP) is 4.08. The molecule has 0 aliphatic carbocycles. The van der Waals surface area contributed by atoms with E-state index < -0.39 is 0 Å². The Labute approximate surface area is 201 Å². The first-order chi connectivity index (χ1) is 16.5. The summed E-state index contributed by atoms with van der Waals surface area (Å²) < 4.78 is 0. The van der Waals surface area contributed by atoms with Gasteiger partial charge in [-0.2, -0.15) is 0 Å². The standard InChI is InChI=1S/C27H34N4O3/c1-4-19-10-13-21(14-11-19)28-25(32)18-31-24-17-20(26(33)29(5-2)6-3)12-15-22(24)30-16-8-7-9-23(30)27(31)34/h10-15,17,23H,4-9,16,18H2,1-3H3,(H,28,32)/t23-/m1/s1. The van der Waals surface area contributed by atoms with Gasteiger partial charge < -0.3 is 15.1 Å². The molecule has 1 atom stereocenters. The van der Waals surface area contributed by atoms with E-state index in [1.165, 1.54) is 5.56 Å². The van der Waals surface area contributed by atoms with Crippen LogP contribution in [-0.4, -0.2) is 54.8 Å². The Morgan fingerprint density at radius 3 is 2.41 bits per heavy atom. The lowest BCUT2D eigenvalue weighted by Gasteiger charge is -2.45. The van der Waals surface area contributed by atoms with Crippen molar-refractivity contribution in [1.29, 1.82) is 0 Å². The van der Waals surface area contributed by atoms with Gasteiger partial charge in [0.05, 0.1) is 11.4 Å². The third-order valence-corrected chi connectivity index (χ3v) is 6.87. The van der Waals surface area contributed by atoms with Gasteiger partial charge in [0.15, 0.2) is 0 Å². The molecular weight excluding hydrogens is 428 g/mol. The Kier molecular flexibility index (Phi) is 7.20. The lowest BCUT2D eigenvalue weighted by molar-refractivity contribution is -0.123. The van der Waals surface area contributed by atoms with Crippen LogP contribution < -0.4 is 15.1 Å². The van der Waals surface area contributed by atoms with Crippen LogP contribution in [0.15, 0.2) is 42.5 Å². The molecule has 0 bridgehead atoms. The molecule has 2 heterocycles. The summed E-state index contributed by atoms with van der Waals surface area (Å²) in [6.07, 6.45) is 3.72. The highest BCUT2D eigenvalue weighted by atomic mass is 16.2. The number of amides is 3. The molecule has 3 amide bonds. The van der Waals surface area contributed by atoms with Crippen molar-refractivity contribution in [3.8, 4) is 0 Å². The van der Waals surface area contributed by atoms with Crippen LogP contribution in [-0.2, 0) is 16.0 Å². The number of anilines is 3. The van der Waals surface area contributed by atoms with E-state index in [1.54, 1.807) is 15.9 Å². The number of hydrogen-bond acceptors (Lipinski definition) is 4. The number of nitrogens with one attached hydrogen (secondary N) is 1. The van der Waals surface area contributed by atoms with Gasteiger partial charge in [0.25, 0.3) is 5.91 Å². The first kappa shape index (κ1) is 23.8. The molecule has 34 heavy (non-hydrogen) atoms. The van der Waals surface area contributed by atoms with Gasteiger partial charge in [-0.1, -0.05) is 19.1 Å². The van der Waals surface area contributed by atoms with Gasteiger partial charge in [0.1, 0.15) is 12.6 Å². The summed E-state index contributed by atoms with van der Waals surface area (Å²) in [6, 6.07) is 13.0. The maximum Gasteiger partial charge on any atom is 0.253 e. The average Bonchev–Trinajstić information content (AvgIpc) is 2.87. The van der Waals surface area contributed by atoms with Crippen LogP contribution in [0.1, 0.15) is 56.0 Å². The van der Waals surface area contributed by atoms with Crippen molar-refractivity contribution in [1.82, 2.24) is 4.90 Å². The highest BCUT2D eigenvalue weighted by molar-refractivity contribution is 6.11. The van der Waals surface area contributed by atoms with Crippen molar-refractivity contribution in [3.05, 3.63) is 53.6 Å². The lowest BCUT2D eigenvalue weighted by Crippen LogP contribution is -2.56. The zero-order valence-corrected chi connectivity index (χ0v) is 20.3. The molecule has 1 fully saturated rings. The predicted molar refractivity (Wildman–Crippen MR) is 135 cm³/mol. The van der Waals surface area contributed by atoms with E-state index in [-0.39, 0.29) is 30.3 Å². The van der Waals surface area contributed by atoms with E-state index >= 15 is 0 Å². The normalized spacial score (nSPS) is 17.1. The lowest BCUT2D eigenvalue weighted by atomic mass is 9.95. The monoisotopic (exact) mass is 462 g/mol. The van der Waals surface area contributed by atoms with Gasteiger partial charge in [-0.15, -0.1) is 0 Å². The van der Waals surface area contributed by atoms with Crippen molar-refractivity contribution in [2.45, 2.75) is 52.5 Å². The quantitative estimate of drug-likeness (QED) is 0.673. The minimum atomic E-state index is -0.262. The van der Waals surface area contributed by atoms with E-state index in [2.05, 4.69) is 17.1 Å². The van der Waals surface area contributed by atoms with Crippen LogP contribution in [0, 0.1) is 0 Å². The average molecular weight is 463 g/mol. The summed E-state index contributed by atoms with van der Waals surface area (Å²) >= 11 is 0. The van der Waals surface area contributed by atoms with Crippen molar-refractivity contribution < 1.29 is 14.4 Å². The molecule has 2 aromatic rings. The third-order valence-electron chi connectivity index (χ3n) is 6.87. The zero-order chi connectivity index (χ0) is 24.2. The number of fused-ring (bicyclic) bond motifs is 3. The minimum absolute atomic E-state index is 0.0681. The third kappa shape index (κ3) is 4.65. The van der Waals surface area contributed by atoms with Crippen LogP contribution in [0.4, 0.5) is 17.1 Å². The Morgan fingerprint density at radius 2 is 1.74 bits per heavy atom. The number of piperidine rings is 1. The van der Waals surface area contributed by atoms with Crippen molar-refractivity contribution >= 4 is 34.8 Å². The van der Waals surface area contributed by atoms with Gasteiger partial charge in [-0.25, -0.2) is 0 Å². The molecule has 180 valence electrons. The number of aryl methyl sites for hydroxylation is 1. The smallest absolute Gasteiger partial charge is 0.253 e. The number of carbonyl (C=O) groups excluding carboxylic acids is 3. The SMILES string of the molecule is CCc1ccc(NC(=O)CN2C(=O)[C@H]3CCCCN3c3ccc(C(=O)N(CC)CC)cc32)cc1. The summed E-state index contributed by atoms with van der Waals surface area (Å²) in [5.74, 6) is -0.397. The van der Waals surface area contributed by atoms with E-state index in [4.69, 9.17) is 0 Å². The first-order valence-corrected chi connectivity index (χ1v) is 12.4. The topological polar surface area (TPSA) is 73.0 Å².